The molecule has 0 bridgehead atoms. The van der Waals surface area contributed by atoms with Gasteiger partial charge in [-0.05, 0) is 75.4 Å². The lowest BCUT2D eigenvalue weighted by Crippen LogP contribution is -2.36. The molecular weight excluding hydrogens is 470 g/mol. The molecule has 1 aliphatic rings. The third kappa shape index (κ3) is 7.10. The molecule has 1 heterocycles. The SMILES string of the molecule is CC(C)(C)OC(=O)N1CC[C@H]([C@H](Cc2cccc(N/C=C(\N=N)c3cc(F)ccc3F)c2)C(=O)O)C1. The molecule has 0 unspecified atom stereocenters. The van der Waals surface area contributed by atoms with E-state index in [0.717, 1.165) is 23.8 Å². The van der Waals surface area contributed by atoms with E-state index in [4.69, 9.17) is 10.3 Å². The Morgan fingerprint density at radius 3 is 2.69 bits per heavy atom. The summed E-state index contributed by atoms with van der Waals surface area (Å²) in [6, 6.07) is 9.91. The average molecular weight is 501 g/mol. The van der Waals surface area contributed by atoms with Gasteiger partial charge in [-0.25, -0.2) is 19.1 Å². The normalized spacial score (nSPS) is 17.0. The number of carbonyl (C=O) groups excluding carboxylic acids is 1. The van der Waals surface area contributed by atoms with Crippen LogP contribution in [-0.4, -0.2) is 40.8 Å². The summed E-state index contributed by atoms with van der Waals surface area (Å²) in [7, 11) is 0. The number of nitrogens with one attached hydrogen (secondary N) is 2. The van der Waals surface area contributed by atoms with Crippen molar-refractivity contribution in [2.45, 2.75) is 39.2 Å². The summed E-state index contributed by atoms with van der Waals surface area (Å²) in [5, 5.41) is 16.1. The number of amides is 1. The second kappa shape index (κ2) is 11.3. The maximum Gasteiger partial charge on any atom is 0.410 e. The molecule has 1 aliphatic heterocycles. The first-order valence-corrected chi connectivity index (χ1v) is 11.6. The number of rotatable bonds is 8. The third-order valence-electron chi connectivity index (χ3n) is 5.85. The molecule has 8 nitrogen and oxygen atoms in total. The van der Waals surface area contributed by atoms with Crippen molar-refractivity contribution in [2.24, 2.45) is 17.0 Å². The molecule has 1 fully saturated rings. The topological polar surface area (TPSA) is 115 Å². The molecule has 0 aliphatic carbocycles. The van der Waals surface area contributed by atoms with Gasteiger partial charge in [0.1, 0.15) is 22.9 Å². The lowest BCUT2D eigenvalue weighted by Gasteiger charge is -2.25. The highest BCUT2D eigenvalue weighted by Crippen LogP contribution is 2.29. The number of ether oxygens (including phenoxy) is 1. The molecule has 192 valence electrons. The molecule has 2 atom stereocenters. The maximum absolute atomic E-state index is 14.1. The highest BCUT2D eigenvalue weighted by molar-refractivity contribution is 5.72. The molecule has 0 aromatic heterocycles. The van der Waals surface area contributed by atoms with Gasteiger partial charge in [-0.15, -0.1) is 0 Å². The molecule has 1 saturated heterocycles. The smallest absolute Gasteiger partial charge is 0.410 e. The summed E-state index contributed by atoms with van der Waals surface area (Å²) >= 11 is 0. The Morgan fingerprint density at radius 1 is 1.28 bits per heavy atom. The summed E-state index contributed by atoms with van der Waals surface area (Å²) in [6.07, 6.45) is 1.64. The van der Waals surface area contributed by atoms with Gasteiger partial charge in [0.2, 0.25) is 0 Å². The molecule has 3 N–H and O–H groups in total. The molecule has 0 spiro atoms. The van der Waals surface area contributed by atoms with Gasteiger partial charge in [0, 0.05) is 30.5 Å². The van der Waals surface area contributed by atoms with E-state index in [-0.39, 0.29) is 23.6 Å². The van der Waals surface area contributed by atoms with E-state index >= 15 is 0 Å². The second-order valence-electron chi connectivity index (χ2n) is 9.73. The van der Waals surface area contributed by atoms with Crippen molar-refractivity contribution >= 4 is 23.4 Å². The summed E-state index contributed by atoms with van der Waals surface area (Å²) in [4.78, 5) is 26.0. The molecule has 2 aromatic carbocycles. The quantitative estimate of drug-likeness (QED) is 0.390. The number of benzene rings is 2. The van der Waals surface area contributed by atoms with E-state index < -0.39 is 35.2 Å². The predicted octanol–water partition coefficient (Wildman–Crippen LogP) is 5.91. The first kappa shape index (κ1) is 26.8. The number of carbonyl (C=O) groups is 2. The number of halogens is 2. The summed E-state index contributed by atoms with van der Waals surface area (Å²) in [5.74, 6) is -3.24. The number of carboxylic acid groups (broad SMARTS) is 1. The van der Waals surface area contributed by atoms with Crippen LogP contribution in [0.25, 0.3) is 5.70 Å². The Morgan fingerprint density at radius 2 is 2.03 bits per heavy atom. The van der Waals surface area contributed by atoms with Gasteiger partial charge in [-0.1, -0.05) is 12.1 Å². The van der Waals surface area contributed by atoms with Crippen molar-refractivity contribution in [1.29, 1.82) is 5.53 Å². The van der Waals surface area contributed by atoms with Crippen molar-refractivity contribution in [3.8, 4) is 0 Å². The van der Waals surface area contributed by atoms with Gasteiger partial charge in [-0.3, -0.25) is 4.79 Å². The lowest BCUT2D eigenvalue weighted by molar-refractivity contribution is -0.143. The van der Waals surface area contributed by atoms with Crippen LogP contribution in [0.3, 0.4) is 0 Å². The minimum Gasteiger partial charge on any atom is -0.481 e. The number of likely N-dealkylation sites (tertiary alicyclic amines) is 1. The monoisotopic (exact) mass is 500 g/mol. The van der Waals surface area contributed by atoms with Gasteiger partial charge < -0.3 is 20.1 Å². The van der Waals surface area contributed by atoms with Crippen molar-refractivity contribution in [3.05, 3.63) is 71.4 Å². The van der Waals surface area contributed by atoms with E-state index in [1.54, 1.807) is 49.9 Å². The average Bonchev–Trinajstić information content (AvgIpc) is 3.29. The predicted molar refractivity (Wildman–Crippen MR) is 130 cm³/mol. The van der Waals surface area contributed by atoms with Crippen LogP contribution in [0.2, 0.25) is 0 Å². The zero-order chi connectivity index (χ0) is 26.5. The fourth-order valence-electron chi connectivity index (χ4n) is 4.12. The van der Waals surface area contributed by atoms with Gasteiger partial charge in [0.25, 0.3) is 0 Å². The van der Waals surface area contributed by atoms with Crippen molar-refractivity contribution in [3.63, 3.8) is 0 Å². The highest BCUT2D eigenvalue weighted by Gasteiger charge is 2.37. The largest absolute Gasteiger partial charge is 0.481 e. The fraction of sp³-hybridized carbons (Fsp3) is 0.385. The summed E-state index contributed by atoms with van der Waals surface area (Å²) < 4.78 is 33.0. The van der Waals surface area contributed by atoms with Crippen LogP contribution in [0.5, 0.6) is 0 Å². The zero-order valence-electron chi connectivity index (χ0n) is 20.4. The Kier molecular flexibility index (Phi) is 8.39. The van der Waals surface area contributed by atoms with Crippen molar-refractivity contribution < 1.29 is 28.2 Å². The van der Waals surface area contributed by atoms with Crippen LogP contribution in [0, 0.1) is 29.0 Å². The molecule has 10 heteroatoms. The Labute approximate surface area is 208 Å². The van der Waals surface area contributed by atoms with Crippen molar-refractivity contribution in [1.82, 2.24) is 4.90 Å². The van der Waals surface area contributed by atoms with E-state index in [1.807, 2.05) is 0 Å². The molecule has 1 amide bonds. The number of hydrogen-bond donors (Lipinski definition) is 3. The van der Waals surface area contributed by atoms with Crippen LogP contribution >= 0.6 is 0 Å². The molecule has 2 aromatic rings. The number of carboxylic acids is 1. The van der Waals surface area contributed by atoms with E-state index in [1.165, 1.54) is 6.20 Å². The van der Waals surface area contributed by atoms with E-state index in [9.17, 15) is 23.5 Å². The van der Waals surface area contributed by atoms with E-state index in [0.29, 0.717) is 25.2 Å². The minimum atomic E-state index is -0.943. The van der Waals surface area contributed by atoms with E-state index in [2.05, 4.69) is 10.4 Å². The van der Waals surface area contributed by atoms with Gasteiger partial charge in [-0.2, -0.15) is 5.11 Å². The molecule has 0 saturated carbocycles. The van der Waals surface area contributed by atoms with Crippen LogP contribution < -0.4 is 5.32 Å². The van der Waals surface area contributed by atoms with Gasteiger partial charge >= 0.3 is 12.1 Å². The zero-order valence-corrected chi connectivity index (χ0v) is 20.4. The van der Waals surface area contributed by atoms with Crippen molar-refractivity contribution in [2.75, 3.05) is 18.4 Å². The fourth-order valence-corrected chi connectivity index (χ4v) is 4.12. The highest BCUT2D eigenvalue weighted by atomic mass is 19.1. The Bertz CT molecular complexity index is 1160. The number of aliphatic carboxylic acids is 1. The van der Waals surface area contributed by atoms with Crippen LogP contribution in [0.15, 0.2) is 53.8 Å². The van der Waals surface area contributed by atoms with Crippen LogP contribution in [0.1, 0.15) is 38.3 Å². The molecule has 36 heavy (non-hydrogen) atoms. The van der Waals surface area contributed by atoms with Gasteiger partial charge in [0.15, 0.2) is 0 Å². The number of nitrogens with zero attached hydrogens (tertiary/aromatic N) is 2. The van der Waals surface area contributed by atoms with Gasteiger partial charge in [0.05, 0.1) is 5.92 Å². The minimum absolute atomic E-state index is 0.103. The lowest BCUT2D eigenvalue weighted by atomic mass is 9.86. The molecular formula is C26H30F2N4O4. The Balaban J connectivity index is 1.70. The first-order chi connectivity index (χ1) is 17.0. The molecule has 0 radical (unpaired) electrons. The summed E-state index contributed by atoms with van der Waals surface area (Å²) in [5.41, 5.74) is 7.75. The maximum atomic E-state index is 14.1. The van der Waals surface area contributed by atoms with Crippen LogP contribution in [0.4, 0.5) is 19.3 Å². The third-order valence-corrected chi connectivity index (χ3v) is 5.85. The number of anilines is 1. The van der Waals surface area contributed by atoms with Crippen LogP contribution in [-0.2, 0) is 16.0 Å². The Hall–Kier alpha value is -3.82. The summed E-state index contributed by atoms with van der Waals surface area (Å²) in [6.45, 7) is 6.09. The molecule has 3 rings (SSSR count). The second-order valence-corrected chi connectivity index (χ2v) is 9.73. The first-order valence-electron chi connectivity index (χ1n) is 11.6. The standard InChI is InChI=1S/C26H30F2N4O4/c1-26(2,3)36-25(35)32-10-9-17(15-32)20(24(33)34)12-16-5-4-6-19(11-16)30-14-23(31-29)21-13-18(27)7-8-22(21)28/h4-8,11,13-14,17,20,29-30H,9-10,12,15H2,1-3H3,(H,33,34)/b23-14-,31-29?/t17-,20-/m0/s1. The number of hydrogen-bond acceptors (Lipinski definition) is 6.